The van der Waals surface area contributed by atoms with Crippen LogP contribution in [0.1, 0.15) is 39.4 Å². The summed E-state index contributed by atoms with van der Waals surface area (Å²) in [7, 11) is 1.99. The summed E-state index contributed by atoms with van der Waals surface area (Å²) in [4.78, 5) is 14.1. The molecule has 9 heteroatoms. The van der Waals surface area contributed by atoms with Crippen molar-refractivity contribution in [1.29, 1.82) is 0 Å². The maximum Gasteiger partial charge on any atom is 0.151 e. The Kier molecular flexibility index (Phi) is 10.4. The topological polar surface area (TPSA) is 73.6 Å². The van der Waals surface area contributed by atoms with Crippen LogP contribution in [0, 0.1) is 13.8 Å². The number of piperazine rings is 1. The van der Waals surface area contributed by atoms with Gasteiger partial charge in [-0.2, -0.15) is 5.10 Å². The molecule has 6 aromatic rings. The number of ether oxygens (including phenoxy) is 2. The lowest BCUT2D eigenvalue weighted by Gasteiger charge is -2.27. The molecule has 0 spiro atoms. The summed E-state index contributed by atoms with van der Waals surface area (Å²) in [5.41, 5.74) is 8.69. The minimum Gasteiger partial charge on any atom is -0.493 e. The molecule has 1 N–H and O–H groups in total. The van der Waals surface area contributed by atoms with Gasteiger partial charge in [0.2, 0.25) is 0 Å². The van der Waals surface area contributed by atoms with Crippen LogP contribution >= 0.6 is 15.9 Å². The largest absolute Gasteiger partial charge is 0.493 e. The third-order valence-corrected chi connectivity index (χ3v) is 10.8. The van der Waals surface area contributed by atoms with Crippen LogP contribution in [0.4, 0.5) is 0 Å². The number of carbonyl (C=O) groups excluding carboxylic acids is 1. The Hall–Kier alpha value is -4.44. The number of hydrogen-bond acceptors (Lipinski definition) is 6. The third-order valence-electron chi connectivity index (χ3n) is 10.0. The van der Waals surface area contributed by atoms with Crippen LogP contribution in [0.15, 0.2) is 83.3 Å². The fraction of sp³-hybridized carbons (Fsp3) is 0.317. The minimum absolute atomic E-state index is 0.284. The van der Waals surface area contributed by atoms with E-state index in [0.717, 1.165) is 96.5 Å². The molecule has 1 aliphatic rings. The van der Waals surface area contributed by atoms with Crippen LogP contribution in [0.3, 0.4) is 0 Å². The average molecular weight is 735 g/mol. The Balaban J connectivity index is 1.21. The SMILES string of the molecule is Cc1c(-c2cccc3c(CCCOc4cccc5ccccc45)c(C)n(CCN4CCNCC4)c23)c(COc2ccc(Br)c(C=O)c2)nn1C. The summed E-state index contributed by atoms with van der Waals surface area (Å²) >= 11 is 3.44. The van der Waals surface area contributed by atoms with E-state index >= 15 is 0 Å². The molecule has 0 atom stereocenters. The van der Waals surface area contributed by atoms with Gasteiger partial charge in [-0.1, -0.05) is 70.5 Å². The van der Waals surface area contributed by atoms with E-state index in [-0.39, 0.29) is 6.61 Å². The van der Waals surface area contributed by atoms with E-state index in [1.807, 2.05) is 23.9 Å². The number of rotatable bonds is 13. The lowest BCUT2D eigenvalue weighted by Crippen LogP contribution is -2.44. The fourth-order valence-electron chi connectivity index (χ4n) is 7.31. The standard InChI is InChI=1S/C41H44BrN5O3/c1-28-33(14-8-24-49-39-15-6-10-30-9-4-5-11-34(30)39)35-12-7-13-36(41(35)47(28)23-22-46-20-18-43-19-21-46)40-29(2)45(3)44-38(40)27-50-32-16-17-37(42)31(25-32)26-48/h4-7,9-13,15-17,25-26,43H,8,14,18-24,27H2,1-3H3. The summed E-state index contributed by atoms with van der Waals surface area (Å²) < 4.78 is 17.9. The highest BCUT2D eigenvalue weighted by molar-refractivity contribution is 9.10. The number of fused-ring (bicyclic) bond motifs is 2. The summed E-state index contributed by atoms with van der Waals surface area (Å²) in [6, 6.07) is 26.8. The van der Waals surface area contributed by atoms with Crippen LogP contribution in [0.25, 0.3) is 32.8 Å². The molecule has 3 heterocycles. The molecule has 1 fully saturated rings. The first-order chi connectivity index (χ1) is 24.4. The van der Waals surface area contributed by atoms with Gasteiger partial charge in [0.1, 0.15) is 23.8 Å². The molecule has 1 aliphatic heterocycles. The molecule has 0 unspecified atom stereocenters. The predicted molar refractivity (Wildman–Crippen MR) is 205 cm³/mol. The van der Waals surface area contributed by atoms with Crippen molar-refractivity contribution in [3.8, 4) is 22.6 Å². The van der Waals surface area contributed by atoms with Crippen molar-refractivity contribution in [2.75, 3.05) is 39.3 Å². The van der Waals surface area contributed by atoms with Gasteiger partial charge in [0.25, 0.3) is 0 Å². The zero-order valence-corrected chi connectivity index (χ0v) is 30.6. The van der Waals surface area contributed by atoms with Gasteiger partial charge >= 0.3 is 0 Å². The van der Waals surface area contributed by atoms with Crippen molar-refractivity contribution >= 4 is 43.9 Å². The first-order valence-electron chi connectivity index (χ1n) is 17.5. The average Bonchev–Trinajstić information content (AvgIpc) is 3.59. The number of aryl methyl sites for hydroxylation is 2. The van der Waals surface area contributed by atoms with E-state index in [1.54, 1.807) is 6.07 Å². The van der Waals surface area contributed by atoms with Crippen molar-refractivity contribution in [3.05, 3.63) is 112 Å². The van der Waals surface area contributed by atoms with E-state index < -0.39 is 0 Å². The van der Waals surface area contributed by atoms with Gasteiger partial charge in [-0.05, 0) is 61.9 Å². The molecule has 0 radical (unpaired) electrons. The summed E-state index contributed by atoms with van der Waals surface area (Å²) in [5.74, 6) is 1.57. The normalized spacial score (nSPS) is 13.7. The second-order valence-corrected chi connectivity index (χ2v) is 13.9. The molecule has 1 saturated heterocycles. The lowest BCUT2D eigenvalue weighted by molar-refractivity contribution is 0.112. The number of hydrogen-bond donors (Lipinski definition) is 1. The molecule has 7 rings (SSSR count). The molecule has 4 aromatic carbocycles. The first-order valence-corrected chi connectivity index (χ1v) is 18.3. The maximum absolute atomic E-state index is 11.6. The number of nitrogens with one attached hydrogen (secondary N) is 1. The van der Waals surface area contributed by atoms with E-state index in [0.29, 0.717) is 17.9 Å². The van der Waals surface area contributed by atoms with Crippen molar-refractivity contribution < 1.29 is 14.3 Å². The number of carbonyl (C=O) groups is 1. The monoisotopic (exact) mass is 733 g/mol. The maximum atomic E-state index is 11.6. The molecule has 2 aromatic heterocycles. The van der Waals surface area contributed by atoms with Gasteiger partial charge in [-0.25, -0.2) is 0 Å². The van der Waals surface area contributed by atoms with Crippen LogP contribution < -0.4 is 14.8 Å². The fourth-order valence-corrected chi connectivity index (χ4v) is 7.65. The van der Waals surface area contributed by atoms with Crippen molar-refractivity contribution in [2.24, 2.45) is 7.05 Å². The number of aromatic nitrogens is 3. The quantitative estimate of drug-likeness (QED) is 0.0962. The molecule has 8 nitrogen and oxygen atoms in total. The Labute approximate surface area is 302 Å². The Morgan fingerprint density at radius 2 is 1.68 bits per heavy atom. The second-order valence-electron chi connectivity index (χ2n) is 13.1. The molecule has 0 amide bonds. The zero-order valence-electron chi connectivity index (χ0n) is 29.0. The van der Waals surface area contributed by atoms with Crippen LogP contribution in [-0.4, -0.2) is 64.9 Å². The predicted octanol–water partition coefficient (Wildman–Crippen LogP) is 7.88. The minimum atomic E-state index is 0.284. The van der Waals surface area contributed by atoms with Crippen molar-refractivity contribution in [1.82, 2.24) is 24.6 Å². The van der Waals surface area contributed by atoms with Gasteiger partial charge in [0.05, 0.1) is 12.1 Å². The highest BCUT2D eigenvalue weighted by atomic mass is 79.9. The Morgan fingerprint density at radius 3 is 2.52 bits per heavy atom. The second kappa shape index (κ2) is 15.2. The van der Waals surface area contributed by atoms with Gasteiger partial charge in [-0.3, -0.25) is 14.4 Å². The number of benzene rings is 4. The number of nitrogens with zero attached hydrogens (tertiary/aromatic N) is 4. The Morgan fingerprint density at radius 1 is 0.900 bits per heavy atom. The van der Waals surface area contributed by atoms with E-state index in [9.17, 15) is 4.79 Å². The third kappa shape index (κ3) is 6.95. The van der Waals surface area contributed by atoms with Crippen LogP contribution in [0.5, 0.6) is 11.5 Å². The Bertz CT molecular complexity index is 2140. The molecule has 0 aliphatic carbocycles. The molecular weight excluding hydrogens is 690 g/mol. The van der Waals surface area contributed by atoms with Crippen molar-refractivity contribution in [3.63, 3.8) is 0 Å². The van der Waals surface area contributed by atoms with Gasteiger partial charge in [0.15, 0.2) is 6.29 Å². The molecular formula is C41H44BrN5O3. The highest BCUT2D eigenvalue weighted by Gasteiger charge is 2.23. The lowest BCUT2D eigenvalue weighted by atomic mass is 9.98. The summed E-state index contributed by atoms with van der Waals surface area (Å²) in [6.07, 6.45) is 2.66. The van der Waals surface area contributed by atoms with Crippen molar-refractivity contribution in [2.45, 2.75) is 39.8 Å². The first kappa shape index (κ1) is 34.0. The van der Waals surface area contributed by atoms with E-state index in [4.69, 9.17) is 14.6 Å². The van der Waals surface area contributed by atoms with E-state index in [2.05, 4.69) is 105 Å². The molecule has 0 saturated carbocycles. The van der Waals surface area contributed by atoms with Gasteiger partial charge in [-0.15, -0.1) is 0 Å². The smallest absolute Gasteiger partial charge is 0.151 e. The molecule has 258 valence electrons. The van der Waals surface area contributed by atoms with Gasteiger partial charge < -0.3 is 19.4 Å². The van der Waals surface area contributed by atoms with E-state index in [1.165, 1.54) is 27.5 Å². The summed E-state index contributed by atoms with van der Waals surface area (Å²) in [6.45, 7) is 11.4. The zero-order chi connectivity index (χ0) is 34.6. The van der Waals surface area contributed by atoms with Crippen LogP contribution in [-0.2, 0) is 26.6 Å². The van der Waals surface area contributed by atoms with Gasteiger partial charge in [0, 0.05) is 89.6 Å². The highest BCUT2D eigenvalue weighted by Crippen LogP contribution is 2.38. The number of aldehydes is 1. The molecule has 50 heavy (non-hydrogen) atoms. The number of para-hydroxylation sites is 1. The molecule has 0 bridgehead atoms. The number of halogens is 1. The van der Waals surface area contributed by atoms with Crippen LogP contribution in [0.2, 0.25) is 0 Å². The summed E-state index contributed by atoms with van der Waals surface area (Å²) in [5, 5.41) is 12.0.